The van der Waals surface area contributed by atoms with Crippen LogP contribution in [0.4, 0.5) is 0 Å². The average molecular weight is 286 g/mol. The van der Waals surface area contributed by atoms with Crippen molar-refractivity contribution >= 4 is 5.97 Å². The molecular weight excluding hydrogens is 252 g/mol. The quantitative estimate of drug-likeness (QED) is 0.613. The minimum absolute atomic E-state index is 0.184. The maximum atomic E-state index is 11.6. The highest BCUT2D eigenvalue weighted by Crippen LogP contribution is 2.19. The van der Waals surface area contributed by atoms with Gasteiger partial charge in [0.2, 0.25) is 0 Å². The van der Waals surface area contributed by atoms with Crippen molar-refractivity contribution in [3.8, 4) is 0 Å². The summed E-state index contributed by atoms with van der Waals surface area (Å²) >= 11 is 0. The first-order valence-corrected chi connectivity index (χ1v) is 7.97. The molecule has 0 fully saturated rings. The Morgan fingerprint density at radius 2 is 1.90 bits per heavy atom. The van der Waals surface area contributed by atoms with Gasteiger partial charge in [-0.3, -0.25) is 10.1 Å². The highest BCUT2D eigenvalue weighted by molar-refractivity contribution is 5.78. The van der Waals surface area contributed by atoms with Crippen LogP contribution >= 0.6 is 0 Å². The Balaban J connectivity index is 4.37. The zero-order valence-corrected chi connectivity index (χ0v) is 14.2. The Kier molecular flexibility index (Phi) is 9.06. The fourth-order valence-corrected chi connectivity index (χ4v) is 2.63. The predicted molar refractivity (Wildman–Crippen MR) is 85.1 cm³/mol. The number of nitrogens with zero attached hydrogens (tertiary/aromatic N) is 1. The molecular formula is C16H34N2O2. The van der Waals surface area contributed by atoms with Crippen LogP contribution in [0.5, 0.6) is 0 Å². The number of hydrogen-bond donors (Lipinski definition) is 2. The number of aliphatic carboxylic acids is 1. The Bertz CT molecular complexity index is 282. The van der Waals surface area contributed by atoms with Crippen molar-refractivity contribution in [2.45, 2.75) is 71.9 Å². The van der Waals surface area contributed by atoms with Crippen molar-refractivity contribution in [3.63, 3.8) is 0 Å². The van der Waals surface area contributed by atoms with Gasteiger partial charge in [0.05, 0.1) is 0 Å². The highest BCUT2D eigenvalue weighted by Gasteiger charge is 2.36. The molecule has 0 aliphatic heterocycles. The summed E-state index contributed by atoms with van der Waals surface area (Å²) in [6.07, 6.45) is 3.40. The molecule has 2 atom stereocenters. The molecule has 0 aromatic rings. The van der Waals surface area contributed by atoms with Crippen molar-refractivity contribution in [1.29, 1.82) is 0 Å². The topological polar surface area (TPSA) is 52.6 Å². The number of carboxylic acid groups (broad SMARTS) is 1. The molecule has 0 heterocycles. The molecule has 0 aliphatic carbocycles. The van der Waals surface area contributed by atoms with E-state index < -0.39 is 11.5 Å². The zero-order valence-electron chi connectivity index (χ0n) is 14.2. The number of carboxylic acids is 1. The van der Waals surface area contributed by atoms with Crippen molar-refractivity contribution in [1.82, 2.24) is 10.2 Å². The molecule has 20 heavy (non-hydrogen) atoms. The Hall–Kier alpha value is -0.610. The standard InChI is InChI=1S/C16H34N2O2/c1-7-14(5)12-18(6)11-9-10-16(8-2,15(19)20)17-13(3)4/h13-14,17H,7-12H2,1-6H3,(H,19,20). The van der Waals surface area contributed by atoms with Crippen molar-refractivity contribution < 1.29 is 9.90 Å². The lowest BCUT2D eigenvalue weighted by Crippen LogP contribution is -2.54. The van der Waals surface area contributed by atoms with Crippen molar-refractivity contribution in [2.24, 2.45) is 5.92 Å². The summed E-state index contributed by atoms with van der Waals surface area (Å²) in [5.41, 5.74) is -0.772. The van der Waals surface area contributed by atoms with E-state index >= 15 is 0 Å². The van der Waals surface area contributed by atoms with E-state index in [2.05, 4.69) is 31.1 Å². The largest absolute Gasteiger partial charge is 0.480 e. The van der Waals surface area contributed by atoms with Crippen LogP contribution in [-0.4, -0.2) is 47.7 Å². The van der Waals surface area contributed by atoms with Crippen LogP contribution in [0.2, 0.25) is 0 Å². The Labute approximate surface area is 124 Å². The van der Waals surface area contributed by atoms with Crippen molar-refractivity contribution in [3.05, 3.63) is 0 Å². The molecule has 0 bridgehead atoms. The molecule has 4 heteroatoms. The molecule has 0 spiro atoms. The second-order valence-corrected chi connectivity index (χ2v) is 6.42. The highest BCUT2D eigenvalue weighted by atomic mass is 16.4. The summed E-state index contributed by atoms with van der Waals surface area (Å²) in [7, 11) is 2.12. The van der Waals surface area contributed by atoms with Crippen LogP contribution in [0, 0.1) is 5.92 Å². The van der Waals surface area contributed by atoms with Crippen LogP contribution in [0.1, 0.15) is 60.3 Å². The third-order valence-electron chi connectivity index (χ3n) is 4.04. The second-order valence-electron chi connectivity index (χ2n) is 6.42. The summed E-state index contributed by atoms with van der Waals surface area (Å²) in [5.74, 6) is -0.0255. The van der Waals surface area contributed by atoms with Gasteiger partial charge in [-0.25, -0.2) is 0 Å². The summed E-state index contributed by atoms with van der Waals surface area (Å²) in [6.45, 7) is 12.5. The molecule has 0 aliphatic rings. The van der Waals surface area contributed by atoms with E-state index in [0.29, 0.717) is 18.8 Å². The molecule has 0 rings (SSSR count). The summed E-state index contributed by atoms with van der Waals surface area (Å²) in [6, 6.07) is 0.184. The molecule has 120 valence electrons. The van der Waals surface area contributed by atoms with E-state index in [4.69, 9.17) is 0 Å². The number of carbonyl (C=O) groups is 1. The normalized spacial score (nSPS) is 16.4. The van der Waals surface area contributed by atoms with Crippen LogP contribution in [0.25, 0.3) is 0 Å². The number of hydrogen-bond acceptors (Lipinski definition) is 3. The fraction of sp³-hybridized carbons (Fsp3) is 0.938. The molecule has 2 N–H and O–H groups in total. The lowest BCUT2D eigenvalue weighted by Gasteiger charge is -2.32. The molecule has 0 saturated carbocycles. The van der Waals surface area contributed by atoms with Gasteiger partial charge in [0, 0.05) is 12.6 Å². The van der Waals surface area contributed by atoms with E-state index in [-0.39, 0.29) is 6.04 Å². The minimum Gasteiger partial charge on any atom is -0.480 e. The van der Waals surface area contributed by atoms with E-state index in [1.807, 2.05) is 20.8 Å². The average Bonchev–Trinajstić information content (AvgIpc) is 2.36. The predicted octanol–water partition coefficient (Wildman–Crippen LogP) is 2.98. The maximum Gasteiger partial charge on any atom is 0.323 e. The SMILES string of the molecule is CCC(C)CN(C)CCCC(CC)(NC(C)C)C(=O)O. The van der Waals surface area contributed by atoms with Crippen LogP contribution in [0.15, 0.2) is 0 Å². The molecule has 2 unspecified atom stereocenters. The van der Waals surface area contributed by atoms with Gasteiger partial charge >= 0.3 is 5.97 Å². The second kappa shape index (κ2) is 9.35. The first-order valence-electron chi connectivity index (χ1n) is 7.97. The third-order valence-corrected chi connectivity index (χ3v) is 4.04. The van der Waals surface area contributed by atoms with E-state index in [9.17, 15) is 9.90 Å². The van der Waals surface area contributed by atoms with Crippen LogP contribution in [-0.2, 0) is 4.79 Å². The van der Waals surface area contributed by atoms with Gasteiger partial charge in [0.15, 0.2) is 0 Å². The smallest absolute Gasteiger partial charge is 0.323 e. The van der Waals surface area contributed by atoms with Gasteiger partial charge in [-0.2, -0.15) is 0 Å². The fourth-order valence-electron chi connectivity index (χ4n) is 2.63. The van der Waals surface area contributed by atoms with E-state index in [1.165, 1.54) is 6.42 Å². The zero-order chi connectivity index (χ0) is 15.8. The molecule has 0 radical (unpaired) electrons. The maximum absolute atomic E-state index is 11.6. The molecule has 0 aromatic heterocycles. The minimum atomic E-state index is -0.772. The summed E-state index contributed by atoms with van der Waals surface area (Å²) in [5, 5.41) is 12.8. The van der Waals surface area contributed by atoms with Crippen LogP contribution in [0.3, 0.4) is 0 Å². The van der Waals surface area contributed by atoms with E-state index in [0.717, 1.165) is 19.5 Å². The van der Waals surface area contributed by atoms with Gasteiger partial charge in [-0.15, -0.1) is 0 Å². The van der Waals surface area contributed by atoms with Gasteiger partial charge in [0.25, 0.3) is 0 Å². The Morgan fingerprint density at radius 3 is 2.30 bits per heavy atom. The van der Waals surface area contributed by atoms with Crippen molar-refractivity contribution in [2.75, 3.05) is 20.1 Å². The summed E-state index contributed by atoms with van der Waals surface area (Å²) in [4.78, 5) is 13.9. The van der Waals surface area contributed by atoms with E-state index in [1.54, 1.807) is 0 Å². The van der Waals surface area contributed by atoms with Crippen LogP contribution < -0.4 is 5.32 Å². The molecule has 0 aromatic carbocycles. The number of rotatable bonds is 11. The molecule has 0 saturated heterocycles. The summed E-state index contributed by atoms with van der Waals surface area (Å²) < 4.78 is 0. The number of nitrogens with one attached hydrogen (secondary N) is 1. The lowest BCUT2D eigenvalue weighted by molar-refractivity contribution is -0.145. The Morgan fingerprint density at radius 1 is 1.30 bits per heavy atom. The van der Waals surface area contributed by atoms with Gasteiger partial charge in [-0.1, -0.05) is 27.2 Å². The first kappa shape index (κ1) is 19.4. The lowest BCUT2D eigenvalue weighted by atomic mass is 9.89. The molecule has 4 nitrogen and oxygen atoms in total. The van der Waals surface area contributed by atoms with Gasteiger partial charge in [-0.05, 0) is 52.6 Å². The monoisotopic (exact) mass is 286 g/mol. The third kappa shape index (κ3) is 6.71. The van der Waals surface area contributed by atoms with Gasteiger partial charge < -0.3 is 10.0 Å². The molecule has 0 amide bonds. The van der Waals surface area contributed by atoms with Gasteiger partial charge in [0.1, 0.15) is 5.54 Å². The first-order chi connectivity index (χ1) is 9.27.